The van der Waals surface area contributed by atoms with Gasteiger partial charge in [-0.25, -0.2) is 0 Å². The van der Waals surface area contributed by atoms with Gasteiger partial charge < -0.3 is 11.5 Å². The molecule has 2 aliphatic rings. The summed E-state index contributed by atoms with van der Waals surface area (Å²) < 4.78 is 0. The zero-order valence-electron chi connectivity index (χ0n) is 13.4. The Balaban J connectivity index is 2.15. The lowest BCUT2D eigenvalue weighted by Crippen LogP contribution is -2.22. The Morgan fingerprint density at radius 1 is 0.565 bits per heavy atom. The highest BCUT2D eigenvalue weighted by Crippen LogP contribution is 2.42. The Bertz CT molecular complexity index is 831. The first kappa shape index (κ1) is 13.9. The Hall–Kier alpha value is -2.74. The van der Waals surface area contributed by atoms with Crippen LogP contribution in [-0.4, -0.2) is 0 Å². The molecule has 0 unspecified atom stereocenters. The molecule has 114 valence electrons. The van der Waals surface area contributed by atoms with Crippen molar-refractivity contribution in [2.24, 2.45) is 0 Å². The highest BCUT2D eigenvalue weighted by atomic mass is 14.6. The van der Waals surface area contributed by atoms with E-state index in [-0.39, 0.29) is 5.41 Å². The third-order valence-electron chi connectivity index (χ3n) is 5.00. The van der Waals surface area contributed by atoms with Gasteiger partial charge in [-0.2, -0.15) is 0 Å². The zero-order chi connectivity index (χ0) is 16.2. The molecular formula is C21H20N2. The molecule has 5 rings (SSSR count). The zero-order valence-corrected chi connectivity index (χ0v) is 13.4. The first-order valence-corrected chi connectivity index (χ1v) is 7.87. The summed E-state index contributed by atoms with van der Waals surface area (Å²) in [6.45, 7) is 4.38. The lowest BCUT2D eigenvalue weighted by molar-refractivity contribution is 0.646. The van der Waals surface area contributed by atoms with Crippen molar-refractivity contribution in [2.45, 2.75) is 19.3 Å². The summed E-state index contributed by atoms with van der Waals surface area (Å²) in [4.78, 5) is 0. The van der Waals surface area contributed by atoms with E-state index in [9.17, 15) is 0 Å². The molecule has 0 amide bonds. The van der Waals surface area contributed by atoms with E-state index in [1.54, 1.807) is 0 Å². The first-order chi connectivity index (χ1) is 11.0. The van der Waals surface area contributed by atoms with Crippen LogP contribution in [0, 0.1) is 0 Å². The Morgan fingerprint density at radius 3 is 1.30 bits per heavy atom. The number of fused-ring (bicyclic) bond motifs is 2. The van der Waals surface area contributed by atoms with Crippen LogP contribution in [0.2, 0.25) is 0 Å². The summed E-state index contributed by atoms with van der Waals surface area (Å²) >= 11 is 0. The van der Waals surface area contributed by atoms with Gasteiger partial charge in [-0.05, 0) is 57.6 Å². The third kappa shape index (κ3) is 2.02. The van der Waals surface area contributed by atoms with Crippen molar-refractivity contribution in [3.63, 3.8) is 0 Å². The second-order valence-corrected chi connectivity index (χ2v) is 6.81. The van der Waals surface area contributed by atoms with Gasteiger partial charge in [-0.1, -0.05) is 50.2 Å². The molecule has 3 aromatic rings. The summed E-state index contributed by atoms with van der Waals surface area (Å²) in [6.07, 6.45) is 0. The van der Waals surface area contributed by atoms with Crippen LogP contribution in [0.3, 0.4) is 0 Å². The minimum Gasteiger partial charge on any atom is -0.398 e. The van der Waals surface area contributed by atoms with Crippen LogP contribution in [-0.2, 0) is 5.41 Å². The van der Waals surface area contributed by atoms with Crippen molar-refractivity contribution in [1.29, 1.82) is 0 Å². The maximum atomic E-state index is 6.32. The van der Waals surface area contributed by atoms with E-state index < -0.39 is 0 Å². The summed E-state index contributed by atoms with van der Waals surface area (Å²) in [5, 5.41) is 0. The molecule has 0 atom stereocenters. The van der Waals surface area contributed by atoms with Crippen molar-refractivity contribution in [1.82, 2.24) is 0 Å². The van der Waals surface area contributed by atoms with Crippen LogP contribution in [0.25, 0.3) is 22.3 Å². The fraction of sp³-hybridized carbons (Fsp3) is 0.143. The molecule has 0 saturated carbocycles. The van der Waals surface area contributed by atoms with Gasteiger partial charge in [0.1, 0.15) is 0 Å². The molecule has 0 radical (unpaired) electrons. The molecule has 0 fully saturated rings. The lowest BCUT2D eigenvalue weighted by atomic mass is 9.75. The number of nitrogens with two attached hydrogens (primary N) is 2. The van der Waals surface area contributed by atoms with Gasteiger partial charge in [-0.3, -0.25) is 0 Å². The predicted molar refractivity (Wildman–Crippen MR) is 98.3 cm³/mol. The van der Waals surface area contributed by atoms with E-state index in [2.05, 4.69) is 62.4 Å². The second kappa shape index (κ2) is 4.63. The van der Waals surface area contributed by atoms with Gasteiger partial charge in [0.05, 0.1) is 0 Å². The summed E-state index contributed by atoms with van der Waals surface area (Å²) in [7, 11) is 0. The number of anilines is 2. The van der Waals surface area contributed by atoms with Crippen molar-refractivity contribution in [2.75, 3.05) is 11.5 Å². The maximum absolute atomic E-state index is 6.32. The minimum atomic E-state index is -0.259. The van der Waals surface area contributed by atoms with E-state index in [1.165, 1.54) is 22.3 Å². The molecule has 4 N–H and O–H groups in total. The molecule has 0 heterocycles. The number of nitrogen functional groups attached to an aromatic ring is 2. The van der Waals surface area contributed by atoms with Gasteiger partial charge in [0.2, 0.25) is 0 Å². The van der Waals surface area contributed by atoms with Gasteiger partial charge in [0, 0.05) is 16.8 Å². The highest BCUT2D eigenvalue weighted by Gasteiger charge is 2.28. The van der Waals surface area contributed by atoms with Gasteiger partial charge in [-0.15, -0.1) is 0 Å². The summed E-state index contributed by atoms with van der Waals surface area (Å²) in [5.41, 5.74) is 21.0. The SMILES string of the molecule is CC1(C)c2cc(ccc2N)-c2ccc(cc2)-c2ccc(N)c1c2. The fourth-order valence-electron chi connectivity index (χ4n) is 3.55. The Morgan fingerprint density at radius 2 is 0.913 bits per heavy atom. The number of rotatable bonds is 0. The first-order valence-electron chi connectivity index (χ1n) is 7.87. The van der Waals surface area contributed by atoms with E-state index in [1.807, 2.05) is 12.1 Å². The quantitative estimate of drug-likeness (QED) is 0.585. The highest BCUT2D eigenvalue weighted by molar-refractivity contribution is 5.77. The van der Waals surface area contributed by atoms with Crippen LogP contribution in [0.1, 0.15) is 25.0 Å². The molecule has 0 saturated heterocycles. The van der Waals surface area contributed by atoms with Crippen LogP contribution < -0.4 is 11.5 Å². The van der Waals surface area contributed by atoms with Crippen molar-refractivity contribution < 1.29 is 0 Å². The van der Waals surface area contributed by atoms with E-state index >= 15 is 0 Å². The van der Waals surface area contributed by atoms with E-state index in [4.69, 9.17) is 11.5 Å². The number of hydrogen-bond acceptors (Lipinski definition) is 2. The maximum Gasteiger partial charge on any atom is 0.0355 e. The lowest BCUT2D eigenvalue weighted by Gasteiger charge is -2.29. The standard InChI is InChI=1S/C21H20N2/c1-21(2)17-11-15(7-9-19(17)22)13-3-4-14(6-5-13)16-8-10-20(23)18(21)12-16/h3-12H,22-23H2,1-2H3. The summed E-state index contributed by atoms with van der Waals surface area (Å²) in [6, 6.07) is 21.2. The number of benzene rings is 3. The average Bonchev–Trinajstić information content (AvgIpc) is 2.56. The molecule has 0 aliphatic heterocycles. The third-order valence-corrected chi connectivity index (χ3v) is 5.00. The topological polar surface area (TPSA) is 52.0 Å². The van der Waals surface area contributed by atoms with Gasteiger partial charge >= 0.3 is 0 Å². The minimum absolute atomic E-state index is 0.259. The van der Waals surface area contributed by atoms with Crippen LogP contribution in [0.15, 0.2) is 60.7 Å². The monoisotopic (exact) mass is 300 g/mol. The molecule has 2 heteroatoms. The fourth-order valence-corrected chi connectivity index (χ4v) is 3.55. The van der Waals surface area contributed by atoms with E-state index in [0.29, 0.717) is 0 Å². The van der Waals surface area contributed by atoms with Crippen molar-refractivity contribution in [3.8, 4) is 22.3 Å². The molecule has 6 bridgehead atoms. The molecule has 23 heavy (non-hydrogen) atoms. The molecule has 0 aromatic heterocycles. The molecule has 2 aliphatic carbocycles. The average molecular weight is 300 g/mol. The number of hydrogen-bond donors (Lipinski definition) is 2. The van der Waals surface area contributed by atoms with Crippen LogP contribution in [0.4, 0.5) is 11.4 Å². The Labute approximate surface area is 136 Å². The van der Waals surface area contributed by atoms with Crippen LogP contribution in [0.5, 0.6) is 0 Å². The van der Waals surface area contributed by atoms with E-state index in [0.717, 1.165) is 22.5 Å². The molecule has 2 nitrogen and oxygen atoms in total. The second-order valence-electron chi connectivity index (χ2n) is 6.81. The van der Waals surface area contributed by atoms with Crippen molar-refractivity contribution >= 4 is 11.4 Å². The Kier molecular flexibility index (Phi) is 2.79. The normalized spacial score (nSPS) is 14.3. The molecule has 0 spiro atoms. The largest absolute Gasteiger partial charge is 0.398 e. The van der Waals surface area contributed by atoms with Crippen molar-refractivity contribution in [3.05, 3.63) is 71.8 Å². The molecule has 3 aromatic carbocycles. The van der Waals surface area contributed by atoms with Gasteiger partial charge in [0.15, 0.2) is 0 Å². The summed E-state index contributed by atoms with van der Waals surface area (Å²) in [5.74, 6) is 0. The predicted octanol–water partition coefficient (Wildman–Crippen LogP) is 4.82. The van der Waals surface area contributed by atoms with Gasteiger partial charge in [0.25, 0.3) is 0 Å². The molecular weight excluding hydrogens is 280 g/mol. The van der Waals surface area contributed by atoms with Crippen LogP contribution >= 0.6 is 0 Å². The smallest absolute Gasteiger partial charge is 0.0355 e.